The van der Waals surface area contributed by atoms with Crippen LogP contribution in [-0.4, -0.2) is 42.0 Å². The monoisotopic (exact) mass is 284 g/mol. The van der Waals surface area contributed by atoms with Gasteiger partial charge in [-0.1, -0.05) is 0 Å². The standard InChI is InChI=1S/C16H20N4O/c1-12-4-5-13(10-17)15(18-12)20-9-6-14(11-20)16(21)19-7-2-3-8-19/h4-5,14H,2-3,6-9,11H2,1H3. The molecule has 2 saturated heterocycles. The third-order valence-corrected chi connectivity index (χ3v) is 4.39. The van der Waals surface area contributed by atoms with Crippen LogP contribution in [-0.2, 0) is 4.79 Å². The quantitative estimate of drug-likeness (QED) is 0.829. The van der Waals surface area contributed by atoms with Crippen LogP contribution in [0.5, 0.6) is 0 Å². The minimum Gasteiger partial charge on any atom is -0.355 e. The maximum Gasteiger partial charge on any atom is 0.227 e. The van der Waals surface area contributed by atoms with Crippen molar-refractivity contribution >= 4 is 11.7 Å². The molecule has 5 nitrogen and oxygen atoms in total. The van der Waals surface area contributed by atoms with Gasteiger partial charge >= 0.3 is 0 Å². The van der Waals surface area contributed by atoms with E-state index in [1.165, 1.54) is 0 Å². The van der Waals surface area contributed by atoms with Crippen molar-refractivity contribution in [3.05, 3.63) is 23.4 Å². The Kier molecular flexibility index (Phi) is 3.78. The minimum absolute atomic E-state index is 0.0527. The largest absolute Gasteiger partial charge is 0.355 e. The summed E-state index contributed by atoms with van der Waals surface area (Å²) in [6.45, 7) is 5.21. The van der Waals surface area contributed by atoms with Gasteiger partial charge in [-0.15, -0.1) is 0 Å². The number of aryl methyl sites for hydroxylation is 1. The van der Waals surface area contributed by atoms with E-state index in [-0.39, 0.29) is 11.8 Å². The molecule has 0 saturated carbocycles. The summed E-state index contributed by atoms with van der Waals surface area (Å²) >= 11 is 0. The number of rotatable bonds is 2. The molecule has 2 aliphatic rings. The number of nitrogens with zero attached hydrogens (tertiary/aromatic N) is 4. The van der Waals surface area contributed by atoms with Crippen LogP contribution in [0.1, 0.15) is 30.5 Å². The second-order valence-electron chi connectivity index (χ2n) is 5.90. The topological polar surface area (TPSA) is 60.2 Å². The highest BCUT2D eigenvalue weighted by Gasteiger charge is 2.33. The maximum atomic E-state index is 12.5. The first-order chi connectivity index (χ1) is 10.2. The van der Waals surface area contributed by atoms with Gasteiger partial charge in [0.25, 0.3) is 0 Å². The molecule has 1 aromatic heterocycles. The molecule has 1 unspecified atom stereocenters. The van der Waals surface area contributed by atoms with E-state index in [4.69, 9.17) is 0 Å². The number of nitriles is 1. The first-order valence-corrected chi connectivity index (χ1v) is 7.60. The molecule has 0 bridgehead atoms. The van der Waals surface area contributed by atoms with E-state index < -0.39 is 0 Å². The Hall–Kier alpha value is -2.09. The fourth-order valence-corrected chi connectivity index (χ4v) is 3.22. The van der Waals surface area contributed by atoms with Crippen LogP contribution in [0.3, 0.4) is 0 Å². The van der Waals surface area contributed by atoms with E-state index in [0.29, 0.717) is 12.1 Å². The highest BCUT2D eigenvalue weighted by Crippen LogP contribution is 2.27. The highest BCUT2D eigenvalue weighted by molar-refractivity contribution is 5.80. The summed E-state index contributed by atoms with van der Waals surface area (Å²) in [6, 6.07) is 5.86. The van der Waals surface area contributed by atoms with Gasteiger partial charge in [0.15, 0.2) is 0 Å². The number of hydrogen-bond donors (Lipinski definition) is 0. The molecule has 0 aliphatic carbocycles. The zero-order valence-electron chi connectivity index (χ0n) is 12.4. The second kappa shape index (κ2) is 5.72. The lowest BCUT2D eigenvalue weighted by Crippen LogP contribution is -2.35. The first-order valence-electron chi connectivity index (χ1n) is 7.60. The normalized spacial score (nSPS) is 21.6. The summed E-state index contributed by atoms with van der Waals surface area (Å²) in [5.41, 5.74) is 1.49. The van der Waals surface area contributed by atoms with Gasteiger partial charge in [0.1, 0.15) is 11.9 Å². The molecule has 2 aliphatic heterocycles. The summed E-state index contributed by atoms with van der Waals surface area (Å²) in [5.74, 6) is 1.06. The van der Waals surface area contributed by atoms with Crippen LogP contribution in [0, 0.1) is 24.2 Å². The Morgan fingerprint density at radius 3 is 2.81 bits per heavy atom. The summed E-state index contributed by atoms with van der Waals surface area (Å²) in [7, 11) is 0. The average molecular weight is 284 g/mol. The molecule has 110 valence electrons. The number of carbonyl (C=O) groups excluding carboxylic acids is 1. The Morgan fingerprint density at radius 1 is 1.33 bits per heavy atom. The Balaban J connectivity index is 1.74. The van der Waals surface area contributed by atoms with Gasteiger partial charge in [0, 0.05) is 31.9 Å². The SMILES string of the molecule is Cc1ccc(C#N)c(N2CCC(C(=O)N3CCCC3)C2)n1. The molecule has 1 aromatic rings. The van der Waals surface area contributed by atoms with Crippen LogP contribution < -0.4 is 4.90 Å². The zero-order chi connectivity index (χ0) is 14.8. The lowest BCUT2D eigenvalue weighted by Gasteiger charge is -2.21. The van der Waals surface area contributed by atoms with Crippen molar-refractivity contribution in [2.75, 3.05) is 31.1 Å². The predicted octanol–water partition coefficient (Wildman–Crippen LogP) is 1.71. The van der Waals surface area contributed by atoms with E-state index in [0.717, 1.165) is 50.4 Å². The molecule has 1 atom stereocenters. The van der Waals surface area contributed by atoms with E-state index in [1.54, 1.807) is 0 Å². The Labute approximate surface area is 125 Å². The van der Waals surface area contributed by atoms with E-state index >= 15 is 0 Å². The van der Waals surface area contributed by atoms with Crippen LogP contribution in [0.4, 0.5) is 5.82 Å². The van der Waals surface area contributed by atoms with Crippen LogP contribution in [0.15, 0.2) is 12.1 Å². The van der Waals surface area contributed by atoms with Crippen molar-refractivity contribution in [2.45, 2.75) is 26.2 Å². The van der Waals surface area contributed by atoms with Gasteiger partial charge in [0.05, 0.1) is 11.5 Å². The summed E-state index contributed by atoms with van der Waals surface area (Å²) in [6.07, 6.45) is 3.11. The summed E-state index contributed by atoms with van der Waals surface area (Å²) in [5, 5.41) is 9.23. The van der Waals surface area contributed by atoms with Crippen molar-refractivity contribution in [1.29, 1.82) is 5.26 Å². The van der Waals surface area contributed by atoms with Crippen LogP contribution in [0.2, 0.25) is 0 Å². The van der Waals surface area contributed by atoms with E-state index in [1.807, 2.05) is 24.0 Å². The fourth-order valence-electron chi connectivity index (χ4n) is 3.22. The minimum atomic E-state index is 0.0527. The highest BCUT2D eigenvalue weighted by atomic mass is 16.2. The molecular weight excluding hydrogens is 264 g/mol. The maximum absolute atomic E-state index is 12.5. The smallest absolute Gasteiger partial charge is 0.227 e. The number of carbonyl (C=O) groups is 1. The average Bonchev–Trinajstić information content (AvgIpc) is 3.18. The van der Waals surface area contributed by atoms with Gasteiger partial charge in [-0.05, 0) is 38.3 Å². The van der Waals surface area contributed by atoms with Crippen molar-refractivity contribution in [2.24, 2.45) is 5.92 Å². The van der Waals surface area contributed by atoms with Crippen LogP contribution in [0.25, 0.3) is 0 Å². The fraction of sp³-hybridized carbons (Fsp3) is 0.562. The van der Waals surface area contributed by atoms with Crippen molar-refractivity contribution in [3.63, 3.8) is 0 Å². The van der Waals surface area contributed by atoms with Gasteiger partial charge in [-0.3, -0.25) is 4.79 Å². The molecular formula is C16H20N4O. The Bertz CT molecular complexity index is 586. The number of hydrogen-bond acceptors (Lipinski definition) is 4. The summed E-state index contributed by atoms with van der Waals surface area (Å²) < 4.78 is 0. The lowest BCUT2D eigenvalue weighted by molar-refractivity contribution is -0.133. The number of likely N-dealkylation sites (tertiary alicyclic amines) is 1. The first kappa shape index (κ1) is 13.9. The van der Waals surface area contributed by atoms with Gasteiger partial charge < -0.3 is 9.80 Å². The van der Waals surface area contributed by atoms with E-state index in [9.17, 15) is 10.1 Å². The zero-order valence-corrected chi connectivity index (χ0v) is 12.4. The number of pyridine rings is 1. The molecule has 0 spiro atoms. The third kappa shape index (κ3) is 2.71. The number of aromatic nitrogens is 1. The van der Waals surface area contributed by atoms with Crippen LogP contribution >= 0.6 is 0 Å². The second-order valence-corrected chi connectivity index (χ2v) is 5.90. The molecule has 3 rings (SSSR count). The molecule has 5 heteroatoms. The van der Waals surface area contributed by atoms with Gasteiger partial charge in [0.2, 0.25) is 5.91 Å². The van der Waals surface area contributed by atoms with Gasteiger partial charge in [-0.2, -0.15) is 5.26 Å². The molecule has 1 amide bonds. The van der Waals surface area contributed by atoms with Gasteiger partial charge in [-0.25, -0.2) is 4.98 Å². The molecule has 0 N–H and O–H groups in total. The molecule has 3 heterocycles. The summed E-state index contributed by atoms with van der Waals surface area (Å²) in [4.78, 5) is 21.0. The van der Waals surface area contributed by atoms with Crippen molar-refractivity contribution < 1.29 is 4.79 Å². The predicted molar refractivity (Wildman–Crippen MR) is 79.8 cm³/mol. The Morgan fingerprint density at radius 2 is 2.10 bits per heavy atom. The number of anilines is 1. The molecule has 21 heavy (non-hydrogen) atoms. The molecule has 0 aromatic carbocycles. The molecule has 0 radical (unpaired) electrons. The van der Waals surface area contributed by atoms with E-state index in [2.05, 4.69) is 16.0 Å². The lowest BCUT2D eigenvalue weighted by atomic mass is 10.1. The number of amides is 1. The van der Waals surface area contributed by atoms with Crippen molar-refractivity contribution in [3.8, 4) is 6.07 Å². The van der Waals surface area contributed by atoms with Crippen molar-refractivity contribution in [1.82, 2.24) is 9.88 Å². The third-order valence-electron chi connectivity index (χ3n) is 4.39. The molecule has 2 fully saturated rings.